The van der Waals surface area contributed by atoms with Gasteiger partial charge in [0.1, 0.15) is 6.04 Å². The quantitative estimate of drug-likeness (QED) is 0.465. The number of carbonyl (C=O) groups is 1. The normalized spacial score (nSPS) is 12.9. The topological polar surface area (TPSA) is 61.4 Å². The van der Waals surface area contributed by atoms with E-state index in [-0.39, 0.29) is 0 Å². The first kappa shape index (κ1) is 10.4. The van der Waals surface area contributed by atoms with Gasteiger partial charge in [0.05, 0.1) is 0 Å². The lowest BCUT2D eigenvalue weighted by molar-refractivity contribution is -0.138. The highest BCUT2D eigenvalue weighted by molar-refractivity contribution is 5.72. The van der Waals surface area contributed by atoms with Crippen LogP contribution < -0.4 is 10.6 Å². The van der Waals surface area contributed by atoms with Crippen molar-refractivity contribution < 1.29 is 9.90 Å². The van der Waals surface area contributed by atoms with Crippen LogP contribution >= 0.6 is 0 Å². The van der Waals surface area contributed by atoms with E-state index < -0.39 is 12.0 Å². The second-order valence-electron chi connectivity index (χ2n) is 2.37. The number of likely N-dealkylation sites (N-methyl/N-ethyl adjacent to an activating group) is 1. The number of carboxylic acids is 1. The van der Waals surface area contributed by atoms with Gasteiger partial charge >= 0.3 is 5.97 Å². The zero-order valence-corrected chi connectivity index (χ0v) is 7.05. The van der Waals surface area contributed by atoms with Gasteiger partial charge in [-0.05, 0) is 13.5 Å². The molecule has 0 aromatic heterocycles. The van der Waals surface area contributed by atoms with Crippen LogP contribution in [0.15, 0.2) is 0 Å². The van der Waals surface area contributed by atoms with Crippen molar-refractivity contribution in [3.8, 4) is 0 Å². The maximum absolute atomic E-state index is 10.3. The minimum absolute atomic E-state index is 0.450. The predicted octanol–water partition coefficient (Wildman–Crippen LogP) is -0.341. The van der Waals surface area contributed by atoms with E-state index >= 15 is 0 Å². The third-order valence-corrected chi connectivity index (χ3v) is 1.37. The molecule has 0 aliphatic heterocycles. The summed E-state index contributed by atoms with van der Waals surface area (Å²) in [7, 11) is 0. The predicted molar refractivity (Wildman–Crippen MR) is 43.6 cm³/mol. The Balaban J connectivity index is 3.17. The number of hydrogen-bond donors (Lipinski definition) is 3. The second-order valence-corrected chi connectivity index (χ2v) is 2.37. The molecule has 0 aromatic rings. The number of nitrogens with one attached hydrogen (secondary N) is 2. The average molecular weight is 160 g/mol. The van der Waals surface area contributed by atoms with Crippen molar-refractivity contribution in [1.82, 2.24) is 10.6 Å². The van der Waals surface area contributed by atoms with Crippen LogP contribution in [0.1, 0.15) is 13.8 Å². The molecule has 66 valence electrons. The summed E-state index contributed by atoms with van der Waals surface area (Å²) in [6.45, 7) is 6.08. The molecule has 3 N–H and O–H groups in total. The van der Waals surface area contributed by atoms with E-state index in [1.54, 1.807) is 6.92 Å². The van der Waals surface area contributed by atoms with E-state index in [0.29, 0.717) is 6.54 Å². The molecular formula is C7H16N2O2. The van der Waals surface area contributed by atoms with Crippen LogP contribution in [0.5, 0.6) is 0 Å². The van der Waals surface area contributed by atoms with Crippen molar-refractivity contribution in [1.29, 1.82) is 0 Å². The summed E-state index contributed by atoms with van der Waals surface area (Å²) >= 11 is 0. The lowest BCUT2D eigenvalue weighted by atomic mass is 10.3. The summed E-state index contributed by atoms with van der Waals surface area (Å²) in [5.74, 6) is -0.804. The van der Waals surface area contributed by atoms with Gasteiger partial charge in [-0.25, -0.2) is 0 Å². The summed E-state index contributed by atoms with van der Waals surface area (Å²) in [4.78, 5) is 10.3. The van der Waals surface area contributed by atoms with Crippen molar-refractivity contribution in [3.63, 3.8) is 0 Å². The highest BCUT2D eigenvalue weighted by Crippen LogP contribution is 1.78. The summed E-state index contributed by atoms with van der Waals surface area (Å²) in [5, 5.41) is 14.4. The zero-order chi connectivity index (χ0) is 8.69. The third kappa shape index (κ3) is 5.82. The van der Waals surface area contributed by atoms with E-state index in [0.717, 1.165) is 13.1 Å². The van der Waals surface area contributed by atoms with Crippen LogP contribution in [0, 0.1) is 0 Å². The minimum atomic E-state index is -0.804. The van der Waals surface area contributed by atoms with Crippen LogP contribution in [0.25, 0.3) is 0 Å². The summed E-state index contributed by atoms with van der Waals surface area (Å²) < 4.78 is 0. The van der Waals surface area contributed by atoms with Crippen molar-refractivity contribution >= 4 is 5.97 Å². The lowest BCUT2D eigenvalue weighted by Crippen LogP contribution is -2.38. The molecule has 1 atom stereocenters. The molecule has 0 radical (unpaired) electrons. The molecule has 0 bridgehead atoms. The molecule has 4 heteroatoms. The van der Waals surface area contributed by atoms with Crippen molar-refractivity contribution in [2.45, 2.75) is 19.9 Å². The van der Waals surface area contributed by atoms with Crippen LogP contribution in [0.2, 0.25) is 0 Å². The van der Waals surface area contributed by atoms with Crippen molar-refractivity contribution in [2.24, 2.45) is 0 Å². The molecule has 0 saturated carbocycles. The van der Waals surface area contributed by atoms with Gasteiger partial charge in [0.2, 0.25) is 0 Å². The van der Waals surface area contributed by atoms with Gasteiger partial charge < -0.3 is 15.7 Å². The molecule has 0 rings (SSSR count). The van der Waals surface area contributed by atoms with Gasteiger partial charge in [-0.1, -0.05) is 6.92 Å². The maximum Gasteiger partial charge on any atom is 0.320 e. The maximum atomic E-state index is 10.3. The van der Waals surface area contributed by atoms with Gasteiger partial charge in [-0.15, -0.1) is 0 Å². The fourth-order valence-corrected chi connectivity index (χ4v) is 0.641. The Hall–Kier alpha value is -0.610. The van der Waals surface area contributed by atoms with Gasteiger partial charge in [-0.2, -0.15) is 0 Å². The highest BCUT2D eigenvalue weighted by Gasteiger charge is 2.07. The van der Waals surface area contributed by atoms with Crippen molar-refractivity contribution in [2.75, 3.05) is 19.6 Å². The first-order chi connectivity index (χ1) is 5.18. The molecule has 0 aliphatic rings. The summed E-state index contributed by atoms with van der Waals surface area (Å²) in [6.07, 6.45) is 0. The Kier molecular flexibility index (Phi) is 5.78. The molecule has 0 aromatic carbocycles. The van der Waals surface area contributed by atoms with Crippen molar-refractivity contribution in [3.05, 3.63) is 0 Å². The first-order valence-corrected chi connectivity index (χ1v) is 3.85. The molecule has 11 heavy (non-hydrogen) atoms. The fourth-order valence-electron chi connectivity index (χ4n) is 0.641. The van der Waals surface area contributed by atoms with E-state index in [4.69, 9.17) is 5.11 Å². The highest BCUT2D eigenvalue weighted by atomic mass is 16.4. The summed E-state index contributed by atoms with van der Waals surface area (Å²) in [6, 6.07) is -0.450. The zero-order valence-electron chi connectivity index (χ0n) is 7.05. The molecule has 0 heterocycles. The van der Waals surface area contributed by atoms with Gasteiger partial charge in [0.15, 0.2) is 0 Å². The minimum Gasteiger partial charge on any atom is -0.480 e. The Labute approximate surface area is 67.0 Å². The summed E-state index contributed by atoms with van der Waals surface area (Å²) in [5.41, 5.74) is 0. The molecule has 0 aliphatic carbocycles. The molecule has 4 nitrogen and oxygen atoms in total. The molecule has 0 saturated heterocycles. The van der Waals surface area contributed by atoms with E-state index in [9.17, 15) is 4.79 Å². The number of aliphatic carboxylic acids is 1. The largest absolute Gasteiger partial charge is 0.480 e. The number of hydrogen-bond acceptors (Lipinski definition) is 3. The molecule has 0 amide bonds. The SMILES string of the molecule is CCNCCN[C@@H](C)C(=O)O. The van der Waals surface area contributed by atoms with Crippen LogP contribution in [0.4, 0.5) is 0 Å². The Morgan fingerprint density at radius 2 is 2.18 bits per heavy atom. The van der Waals surface area contributed by atoms with E-state index in [1.807, 2.05) is 6.92 Å². The third-order valence-electron chi connectivity index (χ3n) is 1.37. The smallest absolute Gasteiger partial charge is 0.320 e. The Morgan fingerprint density at radius 3 is 2.64 bits per heavy atom. The Bertz CT molecular complexity index is 117. The number of carboxylic acid groups (broad SMARTS) is 1. The van der Waals surface area contributed by atoms with E-state index in [1.165, 1.54) is 0 Å². The number of rotatable bonds is 6. The van der Waals surface area contributed by atoms with Crippen LogP contribution in [0.3, 0.4) is 0 Å². The molecule has 0 unspecified atom stereocenters. The van der Waals surface area contributed by atoms with Gasteiger partial charge in [0, 0.05) is 13.1 Å². The Morgan fingerprint density at radius 1 is 1.55 bits per heavy atom. The fraction of sp³-hybridized carbons (Fsp3) is 0.857. The average Bonchev–Trinajstić information content (AvgIpc) is 1.97. The monoisotopic (exact) mass is 160 g/mol. The molecule has 0 spiro atoms. The van der Waals surface area contributed by atoms with Gasteiger partial charge in [-0.3, -0.25) is 4.79 Å². The standard InChI is InChI=1S/C7H16N2O2/c1-3-8-4-5-9-6(2)7(10)11/h6,8-9H,3-5H2,1-2H3,(H,10,11)/t6-/m0/s1. The van der Waals surface area contributed by atoms with E-state index in [2.05, 4.69) is 10.6 Å². The van der Waals surface area contributed by atoms with Crippen LogP contribution in [-0.2, 0) is 4.79 Å². The molecule has 0 fully saturated rings. The second kappa shape index (κ2) is 6.12. The lowest BCUT2D eigenvalue weighted by Gasteiger charge is -2.08. The molecular weight excluding hydrogens is 144 g/mol. The van der Waals surface area contributed by atoms with Crippen LogP contribution in [-0.4, -0.2) is 36.8 Å². The van der Waals surface area contributed by atoms with Gasteiger partial charge in [0.25, 0.3) is 0 Å². The first-order valence-electron chi connectivity index (χ1n) is 3.85.